The normalized spacial score (nSPS) is 18.3. The molecule has 0 saturated carbocycles. The molecule has 2 aliphatic heterocycles. The molecule has 350 valence electrons. The number of imide groups is 1. The Hall–Kier alpha value is -5.16. The second kappa shape index (κ2) is 25.2. The van der Waals surface area contributed by atoms with E-state index in [0.717, 1.165) is 10.5 Å². The van der Waals surface area contributed by atoms with Crippen LogP contribution in [0, 0.1) is 17.8 Å². The van der Waals surface area contributed by atoms with Crippen molar-refractivity contribution in [3.63, 3.8) is 0 Å². The first-order chi connectivity index (χ1) is 29.9. The third-order valence-electron chi connectivity index (χ3n) is 12.4. The Labute approximate surface area is 372 Å². The average molecular weight is 883 g/mol. The molecule has 3 rings (SSSR count). The molecule has 17 heteroatoms. The van der Waals surface area contributed by atoms with E-state index in [1.807, 2.05) is 33.8 Å². The molecular weight excluding hydrogens is 813 g/mol. The summed E-state index contributed by atoms with van der Waals surface area (Å²) in [4.78, 5) is 110. The first kappa shape index (κ1) is 52.2. The Morgan fingerprint density at radius 1 is 0.905 bits per heavy atom. The van der Waals surface area contributed by atoms with Gasteiger partial charge in [0.2, 0.25) is 29.5 Å². The van der Waals surface area contributed by atoms with Crippen molar-refractivity contribution in [2.45, 2.75) is 129 Å². The molecular formula is C46H70N6O11. The lowest BCUT2D eigenvalue weighted by Crippen LogP contribution is -2.58. The van der Waals surface area contributed by atoms with Gasteiger partial charge in [0.15, 0.2) is 0 Å². The summed E-state index contributed by atoms with van der Waals surface area (Å²) in [5.74, 6) is -4.97. The highest BCUT2D eigenvalue weighted by molar-refractivity contribution is 6.12. The van der Waals surface area contributed by atoms with Crippen molar-refractivity contribution in [1.29, 1.82) is 0 Å². The second-order valence-electron chi connectivity index (χ2n) is 17.2. The van der Waals surface area contributed by atoms with Crippen LogP contribution in [0.25, 0.3) is 0 Å². The van der Waals surface area contributed by atoms with E-state index < -0.39 is 60.1 Å². The highest BCUT2D eigenvalue weighted by atomic mass is 16.5. The fraction of sp³-hybridized carbons (Fsp3) is 0.652. The van der Waals surface area contributed by atoms with E-state index in [0.29, 0.717) is 45.1 Å². The molecule has 0 aliphatic carbocycles. The minimum Gasteiger partial charge on any atom is -0.480 e. The molecule has 1 aromatic carbocycles. The maximum Gasteiger partial charge on any atom is 0.326 e. The summed E-state index contributed by atoms with van der Waals surface area (Å²) in [6, 6.07) is 5.88. The van der Waals surface area contributed by atoms with Crippen LogP contribution in [0.5, 0.6) is 0 Å². The summed E-state index contributed by atoms with van der Waals surface area (Å²) in [7, 11) is 6.12. The molecule has 8 atom stereocenters. The number of ether oxygens (including phenoxy) is 2. The van der Waals surface area contributed by atoms with E-state index in [1.165, 1.54) is 38.3 Å². The van der Waals surface area contributed by atoms with Crippen LogP contribution >= 0.6 is 0 Å². The number of methoxy groups -OCH3 is 2. The van der Waals surface area contributed by atoms with Gasteiger partial charge in [-0.3, -0.25) is 38.5 Å². The van der Waals surface area contributed by atoms with Gasteiger partial charge in [-0.1, -0.05) is 77.8 Å². The monoisotopic (exact) mass is 883 g/mol. The van der Waals surface area contributed by atoms with E-state index in [9.17, 15) is 43.5 Å². The predicted octanol–water partition coefficient (Wildman–Crippen LogP) is 2.80. The molecule has 0 radical (unpaired) electrons. The van der Waals surface area contributed by atoms with Gasteiger partial charge in [0.05, 0.1) is 43.2 Å². The van der Waals surface area contributed by atoms with Crippen molar-refractivity contribution in [2.24, 2.45) is 17.8 Å². The van der Waals surface area contributed by atoms with E-state index in [4.69, 9.17) is 9.47 Å². The van der Waals surface area contributed by atoms with Gasteiger partial charge in [0.25, 0.3) is 11.8 Å². The Morgan fingerprint density at radius 2 is 1.56 bits per heavy atom. The predicted molar refractivity (Wildman–Crippen MR) is 235 cm³/mol. The third kappa shape index (κ3) is 14.7. The number of hydrogen-bond acceptors (Lipinski definition) is 10. The van der Waals surface area contributed by atoms with Gasteiger partial charge >= 0.3 is 5.97 Å². The van der Waals surface area contributed by atoms with Crippen molar-refractivity contribution < 1.29 is 52.9 Å². The lowest BCUT2D eigenvalue weighted by molar-refractivity contribution is -0.148. The smallest absolute Gasteiger partial charge is 0.326 e. The molecule has 2 heterocycles. The highest BCUT2D eigenvalue weighted by Gasteiger charge is 2.43. The Bertz CT molecular complexity index is 1760. The summed E-state index contributed by atoms with van der Waals surface area (Å²) in [6.45, 7) is 9.67. The number of rotatable bonds is 26. The molecule has 3 N–H and O–H groups in total. The van der Waals surface area contributed by atoms with E-state index in [1.54, 1.807) is 48.0 Å². The largest absolute Gasteiger partial charge is 0.480 e. The minimum atomic E-state index is -1.16. The first-order valence-electron chi connectivity index (χ1n) is 22.1. The van der Waals surface area contributed by atoms with Crippen molar-refractivity contribution >= 4 is 47.3 Å². The first-order valence-corrected chi connectivity index (χ1v) is 22.1. The Morgan fingerprint density at radius 3 is 2.13 bits per heavy atom. The van der Waals surface area contributed by atoms with Crippen molar-refractivity contribution in [3.8, 4) is 0 Å². The summed E-state index contributed by atoms with van der Waals surface area (Å²) < 4.78 is 11.8. The number of likely N-dealkylation sites (tertiary alicyclic amines) is 1. The molecule has 0 aromatic heterocycles. The lowest BCUT2D eigenvalue weighted by atomic mass is 9.89. The minimum absolute atomic E-state index is 0.0773. The van der Waals surface area contributed by atoms with E-state index in [2.05, 4.69) is 10.6 Å². The molecule has 0 bridgehead atoms. The van der Waals surface area contributed by atoms with Crippen molar-refractivity contribution in [3.05, 3.63) is 48.0 Å². The number of nitrogens with zero attached hydrogens (tertiary/aromatic N) is 4. The van der Waals surface area contributed by atoms with Gasteiger partial charge in [-0.25, -0.2) is 4.79 Å². The van der Waals surface area contributed by atoms with Crippen LogP contribution in [-0.4, -0.2) is 156 Å². The fourth-order valence-electron chi connectivity index (χ4n) is 8.48. The number of benzene rings is 1. The molecule has 63 heavy (non-hydrogen) atoms. The maximum absolute atomic E-state index is 14.3. The van der Waals surface area contributed by atoms with Crippen LogP contribution in [0.15, 0.2) is 42.5 Å². The number of carboxylic acid groups (broad SMARTS) is 1. The number of carbonyl (C=O) groups is 8. The van der Waals surface area contributed by atoms with Gasteiger partial charge in [-0.05, 0) is 43.1 Å². The van der Waals surface area contributed by atoms with Crippen LogP contribution in [-0.2, 0) is 54.3 Å². The van der Waals surface area contributed by atoms with Crippen LogP contribution in [0.1, 0.15) is 91.5 Å². The summed E-state index contributed by atoms with van der Waals surface area (Å²) in [6.07, 6.45) is 4.77. The van der Waals surface area contributed by atoms with E-state index in [-0.39, 0.29) is 73.7 Å². The number of amides is 7. The molecule has 0 spiro atoms. The fourth-order valence-corrected chi connectivity index (χ4v) is 8.48. The molecule has 0 unspecified atom stereocenters. The summed E-state index contributed by atoms with van der Waals surface area (Å²) in [5, 5.41) is 15.4. The average Bonchev–Trinajstić information content (AvgIpc) is 3.87. The standard InChI is InChI=1S/C46H70N6O11/c1-10-30(4)42(50(7)45(59)41(29(2)3)48-36(53)28-49(6)37(54)21-15-12-16-24-52-38(55)22-23-39(52)56)35(62-8)27-40(57)51-25-17-20-34(51)43(63-9)31(5)44(58)47-33(46(60)61)26-32-18-13-11-14-19-32/h11,13-14,18-19,22-23,29-31,33-35,41-43H,10,12,15-17,20-21,24-28H2,1-9H3,(H,47,58)(H,48,53)(H,60,61)/t30-,31+,33-,34-,35+,41-,42-,43+/m0/s1. The van der Waals surface area contributed by atoms with E-state index >= 15 is 0 Å². The molecule has 1 fully saturated rings. The number of nitrogens with one attached hydrogen (secondary N) is 2. The number of carbonyl (C=O) groups excluding carboxylic acids is 7. The topological polar surface area (TPSA) is 212 Å². The van der Waals surface area contributed by atoms with Gasteiger partial charge in [0, 0.05) is 66.4 Å². The Balaban J connectivity index is 1.64. The SMILES string of the molecule is CC[C@H](C)[C@@H]([C@@H](CC(=O)N1CCC[C@H]1[C@H](OC)[C@@H](C)C(=O)N[C@@H](Cc1ccccc1)C(=O)O)OC)N(C)C(=O)[C@@H](NC(=O)CN(C)C(=O)CCCCCN1C(=O)C=CC1=O)C(C)C. The maximum atomic E-state index is 14.3. The van der Waals surface area contributed by atoms with Crippen LogP contribution < -0.4 is 10.6 Å². The zero-order valence-corrected chi connectivity index (χ0v) is 38.5. The second-order valence-corrected chi connectivity index (χ2v) is 17.2. The molecule has 1 saturated heterocycles. The lowest BCUT2D eigenvalue weighted by Gasteiger charge is -2.41. The number of hydrogen-bond donors (Lipinski definition) is 3. The number of carboxylic acids is 1. The quantitative estimate of drug-likeness (QED) is 0.0910. The zero-order valence-electron chi connectivity index (χ0n) is 38.5. The number of unbranched alkanes of at least 4 members (excludes halogenated alkanes) is 2. The molecule has 17 nitrogen and oxygen atoms in total. The van der Waals surface area contributed by atoms with Gasteiger partial charge in [-0.15, -0.1) is 0 Å². The molecule has 1 aromatic rings. The zero-order chi connectivity index (χ0) is 47.0. The van der Waals surface area contributed by atoms with Gasteiger partial charge < -0.3 is 39.9 Å². The van der Waals surface area contributed by atoms with Crippen LogP contribution in [0.2, 0.25) is 0 Å². The molecule has 2 aliphatic rings. The molecule has 7 amide bonds. The highest BCUT2D eigenvalue weighted by Crippen LogP contribution is 2.30. The van der Waals surface area contributed by atoms with Gasteiger partial charge in [0.1, 0.15) is 12.1 Å². The van der Waals surface area contributed by atoms with Crippen LogP contribution in [0.3, 0.4) is 0 Å². The van der Waals surface area contributed by atoms with Crippen LogP contribution in [0.4, 0.5) is 0 Å². The number of likely N-dealkylation sites (N-methyl/N-ethyl adjacent to an activating group) is 2. The Kier molecular flexibility index (Phi) is 20.9. The van der Waals surface area contributed by atoms with Crippen molar-refractivity contribution in [2.75, 3.05) is 47.9 Å². The third-order valence-corrected chi connectivity index (χ3v) is 12.4. The summed E-state index contributed by atoms with van der Waals surface area (Å²) in [5.41, 5.74) is 0.763. The van der Waals surface area contributed by atoms with Crippen molar-refractivity contribution in [1.82, 2.24) is 30.2 Å². The summed E-state index contributed by atoms with van der Waals surface area (Å²) >= 11 is 0. The number of aliphatic carboxylic acids is 1. The van der Waals surface area contributed by atoms with Gasteiger partial charge in [-0.2, -0.15) is 0 Å².